The van der Waals surface area contributed by atoms with Gasteiger partial charge in [-0.15, -0.1) is 0 Å². The highest BCUT2D eigenvalue weighted by Crippen LogP contribution is 2.30. The number of rotatable bonds is 4. The smallest absolute Gasteiger partial charge is 0.416 e. The van der Waals surface area contributed by atoms with Crippen LogP contribution in [0.25, 0.3) is 0 Å². The third-order valence-corrected chi connectivity index (χ3v) is 3.22. The zero-order valence-electron chi connectivity index (χ0n) is 12.9. The minimum absolute atomic E-state index is 0.117. The number of nitrogens with one attached hydrogen (secondary N) is 1. The van der Waals surface area contributed by atoms with Crippen LogP contribution in [0.1, 0.15) is 34.1 Å². The number of aromatic amines is 1. The molecule has 1 heterocycles. The lowest BCUT2D eigenvalue weighted by Gasteiger charge is -2.05. The highest BCUT2D eigenvalue weighted by atomic mass is 19.4. The molecule has 8 heteroatoms. The number of benzene rings is 1. The second kappa shape index (κ2) is 6.77. The second-order valence-electron chi connectivity index (χ2n) is 4.91. The van der Waals surface area contributed by atoms with Gasteiger partial charge in [0, 0.05) is 11.9 Å². The Balaban J connectivity index is 2.31. The van der Waals surface area contributed by atoms with Gasteiger partial charge in [0.25, 0.3) is 0 Å². The van der Waals surface area contributed by atoms with Crippen molar-refractivity contribution in [1.82, 2.24) is 4.98 Å². The van der Waals surface area contributed by atoms with Gasteiger partial charge in [0.05, 0.1) is 29.0 Å². The molecule has 0 aliphatic heterocycles. The molecule has 2 N–H and O–H groups in total. The molecular formula is C16H15F3N2O3. The molecule has 1 aromatic heterocycles. The molecule has 0 saturated carbocycles. The van der Waals surface area contributed by atoms with Gasteiger partial charge in [-0.2, -0.15) is 13.2 Å². The largest absolute Gasteiger partial charge is 0.494 e. The molecule has 0 atom stereocenters. The topological polar surface area (TPSA) is 74.7 Å². The van der Waals surface area contributed by atoms with Crippen molar-refractivity contribution in [1.29, 1.82) is 0 Å². The lowest BCUT2D eigenvalue weighted by molar-refractivity contribution is -0.137. The Morgan fingerprint density at radius 1 is 1.33 bits per heavy atom. The number of halogens is 3. The Kier molecular flexibility index (Phi) is 4.96. The van der Waals surface area contributed by atoms with Crippen molar-refractivity contribution in [2.75, 3.05) is 6.61 Å². The zero-order chi connectivity index (χ0) is 17.9. The number of ether oxygens (including phenoxy) is 1. The molecule has 0 amide bonds. The van der Waals surface area contributed by atoms with Gasteiger partial charge in [-0.1, -0.05) is 0 Å². The van der Waals surface area contributed by atoms with Crippen LogP contribution in [0.2, 0.25) is 0 Å². The molecule has 0 saturated heterocycles. The fourth-order valence-electron chi connectivity index (χ4n) is 2.10. The molecule has 0 bridgehead atoms. The number of alkyl halides is 3. The van der Waals surface area contributed by atoms with Gasteiger partial charge in [-0.05, 0) is 38.1 Å². The molecule has 0 aliphatic rings. The maximum Gasteiger partial charge on any atom is 0.416 e. The van der Waals surface area contributed by atoms with E-state index in [9.17, 15) is 23.1 Å². The molecule has 0 radical (unpaired) electrons. The van der Waals surface area contributed by atoms with Crippen molar-refractivity contribution < 1.29 is 27.8 Å². The fourth-order valence-corrected chi connectivity index (χ4v) is 2.10. The van der Waals surface area contributed by atoms with Crippen LogP contribution in [0, 0.1) is 6.92 Å². The van der Waals surface area contributed by atoms with Crippen LogP contribution in [-0.2, 0) is 10.9 Å². The third kappa shape index (κ3) is 3.76. The van der Waals surface area contributed by atoms with Crippen molar-refractivity contribution in [2.45, 2.75) is 20.0 Å². The maximum atomic E-state index is 12.5. The minimum Gasteiger partial charge on any atom is -0.494 e. The Morgan fingerprint density at radius 3 is 2.50 bits per heavy atom. The summed E-state index contributed by atoms with van der Waals surface area (Å²) in [5.74, 6) is -0.897. The van der Waals surface area contributed by atoms with Gasteiger partial charge < -0.3 is 14.8 Å². The van der Waals surface area contributed by atoms with Crippen LogP contribution in [-0.4, -0.2) is 28.9 Å². The van der Waals surface area contributed by atoms with Crippen molar-refractivity contribution in [3.8, 4) is 5.88 Å². The zero-order valence-corrected chi connectivity index (χ0v) is 12.9. The van der Waals surface area contributed by atoms with E-state index in [0.29, 0.717) is 5.69 Å². The number of carbonyl (C=O) groups excluding carboxylic acids is 1. The van der Waals surface area contributed by atoms with E-state index in [1.54, 1.807) is 13.8 Å². The first-order valence-corrected chi connectivity index (χ1v) is 7.04. The van der Waals surface area contributed by atoms with Crippen LogP contribution in [0.5, 0.6) is 5.88 Å². The number of carbonyl (C=O) groups is 1. The highest BCUT2D eigenvalue weighted by Gasteiger charge is 2.29. The highest BCUT2D eigenvalue weighted by molar-refractivity contribution is 6.02. The van der Waals surface area contributed by atoms with Crippen LogP contribution in [0.4, 0.5) is 18.9 Å². The number of H-pyrrole nitrogens is 1. The number of nitrogens with zero attached hydrogens (tertiary/aromatic N) is 1. The molecule has 128 valence electrons. The number of aromatic nitrogens is 1. The predicted octanol–water partition coefficient (Wildman–Crippen LogP) is 3.97. The van der Waals surface area contributed by atoms with E-state index in [4.69, 9.17) is 4.74 Å². The van der Waals surface area contributed by atoms with Gasteiger partial charge in [-0.3, -0.25) is 4.99 Å². The number of hydrogen-bond acceptors (Lipinski definition) is 4. The average molecular weight is 340 g/mol. The first-order chi connectivity index (χ1) is 11.2. The van der Waals surface area contributed by atoms with Crippen LogP contribution >= 0.6 is 0 Å². The summed E-state index contributed by atoms with van der Waals surface area (Å²) < 4.78 is 42.5. The number of aliphatic imine (C=N–C) groups is 1. The van der Waals surface area contributed by atoms with Gasteiger partial charge in [-0.25, -0.2) is 4.79 Å². The van der Waals surface area contributed by atoms with Crippen LogP contribution in [0.3, 0.4) is 0 Å². The van der Waals surface area contributed by atoms with E-state index in [0.717, 1.165) is 12.1 Å². The first-order valence-electron chi connectivity index (χ1n) is 7.04. The minimum atomic E-state index is -4.42. The summed E-state index contributed by atoms with van der Waals surface area (Å²) in [6.45, 7) is 3.40. The molecule has 0 unspecified atom stereocenters. The van der Waals surface area contributed by atoms with Crippen molar-refractivity contribution in [3.63, 3.8) is 0 Å². The van der Waals surface area contributed by atoms with E-state index in [-0.39, 0.29) is 29.3 Å². The lowest BCUT2D eigenvalue weighted by atomic mass is 10.1. The summed E-state index contributed by atoms with van der Waals surface area (Å²) in [4.78, 5) is 18.5. The summed E-state index contributed by atoms with van der Waals surface area (Å²) in [5.41, 5.74) is 0.112. The molecular weight excluding hydrogens is 325 g/mol. The van der Waals surface area contributed by atoms with Gasteiger partial charge >= 0.3 is 12.1 Å². The molecule has 24 heavy (non-hydrogen) atoms. The number of hydrogen-bond donors (Lipinski definition) is 2. The van der Waals surface area contributed by atoms with Gasteiger partial charge in [0.2, 0.25) is 0 Å². The van der Waals surface area contributed by atoms with Crippen molar-refractivity contribution in [3.05, 3.63) is 46.6 Å². The number of aromatic hydroxyl groups is 1. The molecule has 1 aromatic carbocycles. The summed E-state index contributed by atoms with van der Waals surface area (Å²) in [7, 11) is 0. The monoisotopic (exact) mass is 340 g/mol. The number of aryl methyl sites for hydroxylation is 1. The third-order valence-electron chi connectivity index (χ3n) is 3.22. The molecule has 0 fully saturated rings. The Bertz CT molecular complexity index is 762. The summed E-state index contributed by atoms with van der Waals surface area (Å²) in [5, 5.41) is 9.85. The standard InChI is InChI=1S/C16H15F3N2O3/c1-3-24-15(23)13-9(2)21-14(22)12(13)8-20-11-6-4-10(5-7-11)16(17,18)19/h4-8,21-22H,3H2,1-2H3. The van der Waals surface area contributed by atoms with Gasteiger partial charge in [0.1, 0.15) is 0 Å². The van der Waals surface area contributed by atoms with Crippen molar-refractivity contribution in [2.24, 2.45) is 4.99 Å². The van der Waals surface area contributed by atoms with Crippen molar-refractivity contribution >= 4 is 17.9 Å². The molecule has 0 aliphatic carbocycles. The second-order valence-corrected chi connectivity index (χ2v) is 4.91. The van der Waals surface area contributed by atoms with Crippen LogP contribution < -0.4 is 0 Å². The number of esters is 1. The summed E-state index contributed by atoms with van der Waals surface area (Å²) in [6, 6.07) is 4.20. The molecule has 2 aromatic rings. The fraction of sp³-hybridized carbons (Fsp3) is 0.250. The van der Waals surface area contributed by atoms with Crippen LogP contribution in [0.15, 0.2) is 29.3 Å². The summed E-state index contributed by atoms with van der Waals surface area (Å²) in [6.07, 6.45) is -3.22. The normalized spacial score (nSPS) is 11.9. The Morgan fingerprint density at radius 2 is 1.96 bits per heavy atom. The van der Waals surface area contributed by atoms with E-state index in [2.05, 4.69) is 9.98 Å². The predicted molar refractivity (Wildman–Crippen MR) is 81.8 cm³/mol. The Labute approximate surface area is 135 Å². The molecule has 0 spiro atoms. The SMILES string of the molecule is CCOC(=O)c1c(C)[nH]c(O)c1C=Nc1ccc(C(F)(F)F)cc1. The van der Waals surface area contributed by atoms with E-state index >= 15 is 0 Å². The summed E-state index contributed by atoms with van der Waals surface area (Å²) >= 11 is 0. The molecule has 5 nitrogen and oxygen atoms in total. The van der Waals surface area contributed by atoms with E-state index in [1.165, 1.54) is 18.3 Å². The maximum absolute atomic E-state index is 12.5. The quantitative estimate of drug-likeness (QED) is 0.653. The van der Waals surface area contributed by atoms with E-state index < -0.39 is 17.7 Å². The average Bonchev–Trinajstić information content (AvgIpc) is 2.78. The lowest BCUT2D eigenvalue weighted by Crippen LogP contribution is -2.07. The Hall–Kier alpha value is -2.77. The van der Waals surface area contributed by atoms with E-state index in [1.807, 2.05) is 0 Å². The van der Waals surface area contributed by atoms with Gasteiger partial charge in [0.15, 0.2) is 5.88 Å². The first kappa shape index (κ1) is 17.6. The molecule has 2 rings (SSSR count).